The van der Waals surface area contributed by atoms with Crippen LogP contribution in [0.1, 0.15) is 161 Å². The second-order valence-corrected chi connectivity index (χ2v) is 10.3. The van der Waals surface area contributed by atoms with Crippen LogP contribution in [0, 0.1) is 6.92 Å². The number of imidazole rings is 1. The van der Waals surface area contributed by atoms with Crippen LogP contribution in [0.3, 0.4) is 0 Å². The largest absolute Gasteiger partial charge is 0.253 e. The minimum absolute atomic E-state index is 1.20. The average molecular weight is 448 g/mol. The fourth-order valence-corrected chi connectivity index (χ4v) is 4.91. The molecule has 0 amide bonds. The van der Waals surface area contributed by atoms with Crippen molar-refractivity contribution in [3.63, 3.8) is 0 Å². The van der Waals surface area contributed by atoms with Crippen LogP contribution in [0.5, 0.6) is 0 Å². The zero-order valence-corrected chi connectivity index (χ0v) is 22.5. The highest BCUT2D eigenvalue weighted by Crippen LogP contribution is 2.14. The summed E-state index contributed by atoms with van der Waals surface area (Å²) < 4.78 is 4.94. The molecule has 0 aliphatic heterocycles. The summed E-state index contributed by atoms with van der Waals surface area (Å²) in [5, 5.41) is 0. The summed E-state index contributed by atoms with van der Waals surface area (Å²) in [6.45, 7) is 9.29. The second-order valence-electron chi connectivity index (χ2n) is 10.3. The monoisotopic (exact) mass is 447 g/mol. The number of hydrogen-bond acceptors (Lipinski definition) is 0. The van der Waals surface area contributed by atoms with Gasteiger partial charge in [0.05, 0.1) is 13.1 Å². The van der Waals surface area contributed by atoms with Gasteiger partial charge >= 0.3 is 0 Å². The van der Waals surface area contributed by atoms with Crippen molar-refractivity contribution in [2.24, 2.45) is 0 Å². The predicted molar refractivity (Wildman–Crippen MR) is 142 cm³/mol. The Kier molecular flexibility index (Phi) is 20.1. The Labute approximate surface area is 202 Å². The van der Waals surface area contributed by atoms with Gasteiger partial charge in [0.25, 0.3) is 5.82 Å². The van der Waals surface area contributed by atoms with E-state index in [1.807, 2.05) is 0 Å². The molecule has 0 saturated carbocycles. The van der Waals surface area contributed by atoms with Gasteiger partial charge in [-0.25, -0.2) is 9.13 Å². The highest BCUT2D eigenvalue weighted by atomic mass is 15.1. The molecule has 0 spiro atoms. The van der Waals surface area contributed by atoms with E-state index in [9.17, 15) is 0 Å². The molecule has 32 heavy (non-hydrogen) atoms. The summed E-state index contributed by atoms with van der Waals surface area (Å²) in [5.74, 6) is 1.44. The normalized spacial score (nSPS) is 11.5. The lowest BCUT2D eigenvalue weighted by Crippen LogP contribution is -2.35. The van der Waals surface area contributed by atoms with Crippen LogP contribution in [-0.2, 0) is 13.1 Å². The molecule has 1 aromatic heterocycles. The van der Waals surface area contributed by atoms with E-state index in [-0.39, 0.29) is 0 Å². The smallest absolute Gasteiger partial charge is 0.234 e. The van der Waals surface area contributed by atoms with Gasteiger partial charge in [0.15, 0.2) is 0 Å². The van der Waals surface area contributed by atoms with Crippen molar-refractivity contribution in [3.8, 4) is 0 Å². The van der Waals surface area contributed by atoms with Gasteiger partial charge in [-0.2, -0.15) is 0 Å². The Morgan fingerprint density at radius 3 is 1.34 bits per heavy atom. The molecular formula is C30H59N2+. The number of nitrogens with zero attached hydrogens (tertiary/aromatic N) is 2. The molecule has 0 bridgehead atoms. The molecule has 0 N–H and O–H groups in total. The van der Waals surface area contributed by atoms with Crippen molar-refractivity contribution in [3.05, 3.63) is 18.2 Å². The van der Waals surface area contributed by atoms with E-state index in [0.29, 0.717) is 0 Å². The van der Waals surface area contributed by atoms with Gasteiger partial charge in [0.2, 0.25) is 0 Å². The molecular weight excluding hydrogens is 388 g/mol. The summed E-state index contributed by atoms with van der Waals surface area (Å²) in [6, 6.07) is 0. The van der Waals surface area contributed by atoms with Crippen LogP contribution in [0.25, 0.3) is 0 Å². The van der Waals surface area contributed by atoms with Gasteiger partial charge < -0.3 is 0 Å². The molecule has 0 unspecified atom stereocenters. The summed E-state index contributed by atoms with van der Waals surface area (Å²) >= 11 is 0. The van der Waals surface area contributed by atoms with E-state index in [2.05, 4.69) is 42.3 Å². The molecule has 0 atom stereocenters. The van der Waals surface area contributed by atoms with Crippen LogP contribution in [0.2, 0.25) is 0 Å². The molecule has 1 heterocycles. The SMILES string of the molecule is CCCCCCCCCCCCCCCCCC[n+]1ccn(CCCCCCCC)c1C. The number of hydrogen-bond donors (Lipinski definition) is 0. The third kappa shape index (κ3) is 15.9. The van der Waals surface area contributed by atoms with Crippen LogP contribution >= 0.6 is 0 Å². The molecule has 0 aromatic carbocycles. The van der Waals surface area contributed by atoms with E-state index >= 15 is 0 Å². The Balaban J connectivity index is 1.88. The highest BCUT2D eigenvalue weighted by molar-refractivity contribution is 4.79. The molecule has 2 heteroatoms. The zero-order valence-electron chi connectivity index (χ0n) is 22.5. The van der Waals surface area contributed by atoms with Crippen molar-refractivity contribution in [2.45, 2.75) is 175 Å². The number of unbranched alkanes of at least 4 members (excludes halogenated alkanes) is 20. The molecule has 0 aliphatic carbocycles. The lowest BCUT2D eigenvalue weighted by molar-refractivity contribution is -0.702. The fraction of sp³-hybridized carbons (Fsp3) is 0.900. The van der Waals surface area contributed by atoms with Crippen molar-refractivity contribution < 1.29 is 4.57 Å². The molecule has 2 nitrogen and oxygen atoms in total. The first-order valence-electron chi connectivity index (χ1n) is 14.8. The summed E-state index contributed by atoms with van der Waals surface area (Å²) in [4.78, 5) is 0. The van der Waals surface area contributed by atoms with Crippen LogP contribution in [0.15, 0.2) is 12.4 Å². The number of aryl methyl sites for hydroxylation is 2. The average Bonchev–Trinajstić information content (AvgIpc) is 3.15. The van der Waals surface area contributed by atoms with E-state index < -0.39 is 0 Å². The molecule has 1 rings (SSSR count). The van der Waals surface area contributed by atoms with Gasteiger partial charge in [0, 0.05) is 6.92 Å². The first kappa shape index (κ1) is 29.2. The van der Waals surface area contributed by atoms with Crippen LogP contribution in [0.4, 0.5) is 0 Å². The molecule has 0 radical (unpaired) electrons. The number of rotatable bonds is 24. The maximum atomic E-state index is 2.47. The Hall–Kier alpha value is -0.790. The van der Waals surface area contributed by atoms with E-state index in [0.717, 1.165) is 0 Å². The lowest BCUT2D eigenvalue weighted by atomic mass is 10.0. The van der Waals surface area contributed by atoms with Crippen LogP contribution in [-0.4, -0.2) is 4.57 Å². The molecule has 0 fully saturated rings. The topological polar surface area (TPSA) is 8.81 Å². The predicted octanol–water partition coefficient (Wildman–Crippen LogP) is 9.71. The van der Waals surface area contributed by atoms with Crippen molar-refractivity contribution in [1.29, 1.82) is 0 Å². The van der Waals surface area contributed by atoms with Gasteiger partial charge in [-0.15, -0.1) is 0 Å². The van der Waals surface area contributed by atoms with Gasteiger partial charge in [-0.3, -0.25) is 0 Å². The molecule has 0 saturated heterocycles. The van der Waals surface area contributed by atoms with E-state index in [1.165, 1.54) is 160 Å². The first-order valence-corrected chi connectivity index (χ1v) is 14.8. The minimum atomic E-state index is 1.20. The van der Waals surface area contributed by atoms with Gasteiger partial charge in [-0.1, -0.05) is 129 Å². The summed E-state index contributed by atoms with van der Waals surface area (Å²) in [6.07, 6.45) is 36.0. The molecule has 1 aromatic rings. The van der Waals surface area contributed by atoms with Gasteiger partial charge in [-0.05, 0) is 25.7 Å². The van der Waals surface area contributed by atoms with Crippen LogP contribution < -0.4 is 4.57 Å². The maximum Gasteiger partial charge on any atom is 0.253 e. The quantitative estimate of drug-likeness (QED) is 0.110. The van der Waals surface area contributed by atoms with Crippen molar-refractivity contribution in [1.82, 2.24) is 4.57 Å². The summed E-state index contributed by atoms with van der Waals surface area (Å²) in [5.41, 5.74) is 0. The second kappa shape index (κ2) is 22.0. The molecule has 0 aliphatic rings. The minimum Gasteiger partial charge on any atom is -0.234 e. The third-order valence-electron chi connectivity index (χ3n) is 7.26. The van der Waals surface area contributed by atoms with Crippen molar-refractivity contribution in [2.75, 3.05) is 0 Å². The highest BCUT2D eigenvalue weighted by Gasteiger charge is 2.11. The van der Waals surface area contributed by atoms with E-state index in [4.69, 9.17) is 0 Å². The Bertz CT molecular complexity index is 505. The zero-order chi connectivity index (χ0) is 23.1. The fourth-order valence-electron chi connectivity index (χ4n) is 4.91. The standard InChI is InChI=1S/C30H59N2/c1-4-6-8-10-12-13-14-15-16-17-18-19-20-21-23-25-27-32-29-28-31(30(32)3)26-24-22-11-9-7-5-2/h28-29H,4-27H2,1-3H3/q+1. The summed E-state index contributed by atoms with van der Waals surface area (Å²) in [7, 11) is 0. The first-order chi connectivity index (χ1) is 15.8. The lowest BCUT2D eigenvalue weighted by Gasteiger charge is -2.04. The van der Waals surface area contributed by atoms with Crippen molar-refractivity contribution >= 4 is 0 Å². The number of aromatic nitrogens is 2. The third-order valence-corrected chi connectivity index (χ3v) is 7.26. The molecule has 188 valence electrons. The Morgan fingerprint density at radius 2 is 0.906 bits per heavy atom. The maximum absolute atomic E-state index is 2.47. The van der Waals surface area contributed by atoms with Gasteiger partial charge in [0.1, 0.15) is 12.4 Å². The Morgan fingerprint density at radius 1 is 0.531 bits per heavy atom. The van der Waals surface area contributed by atoms with E-state index in [1.54, 1.807) is 0 Å².